The van der Waals surface area contributed by atoms with Gasteiger partial charge in [-0.3, -0.25) is 0 Å². The van der Waals surface area contributed by atoms with E-state index in [9.17, 15) is 0 Å². The normalized spacial score (nSPS) is 15.1. The van der Waals surface area contributed by atoms with Gasteiger partial charge in [0.2, 0.25) is 0 Å². The maximum Gasteiger partial charge on any atom is 0.151 e. The predicted octanol–water partition coefficient (Wildman–Crippen LogP) is 1.38. The highest BCUT2D eigenvalue weighted by Gasteiger charge is 2.11. The van der Waals surface area contributed by atoms with Gasteiger partial charge in [0.25, 0.3) is 0 Å². The van der Waals surface area contributed by atoms with E-state index in [2.05, 4.69) is 20.4 Å². The number of piperazine rings is 1. The molecular weight excluding hydrogens is 258 g/mol. The molecule has 0 amide bonds. The maximum atomic E-state index is 5.65. The van der Waals surface area contributed by atoms with Crippen molar-refractivity contribution >= 4 is 42.2 Å². The lowest BCUT2D eigenvalue weighted by atomic mass is 10.3. The standard InChI is InChI=1S/C8H11ClN4.2ClH/c9-7-1-2-8(12-11-7)13-5-3-10-4-6-13;;/h1-2,10H,3-6H2;2*1H. The Bertz CT molecular complexity index is 274. The monoisotopic (exact) mass is 270 g/mol. The predicted molar refractivity (Wildman–Crippen MR) is 66.6 cm³/mol. The number of nitrogens with zero attached hydrogens (tertiary/aromatic N) is 3. The molecule has 1 aromatic heterocycles. The van der Waals surface area contributed by atoms with Gasteiger partial charge in [0.05, 0.1) is 0 Å². The van der Waals surface area contributed by atoms with Crippen molar-refractivity contribution in [3.63, 3.8) is 0 Å². The van der Waals surface area contributed by atoms with Crippen LogP contribution in [-0.2, 0) is 0 Å². The van der Waals surface area contributed by atoms with Crippen molar-refractivity contribution in [3.05, 3.63) is 17.3 Å². The molecule has 1 saturated heterocycles. The summed E-state index contributed by atoms with van der Waals surface area (Å²) in [6.07, 6.45) is 0. The van der Waals surface area contributed by atoms with Gasteiger partial charge in [-0.25, -0.2) is 0 Å². The first-order chi connectivity index (χ1) is 6.36. The van der Waals surface area contributed by atoms with Crippen LogP contribution in [0.25, 0.3) is 0 Å². The van der Waals surface area contributed by atoms with Crippen molar-refractivity contribution in [2.75, 3.05) is 31.1 Å². The molecule has 0 spiro atoms. The third kappa shape index (κ3) is 3.99. The summed E-state index contributed by atoms with van der Waals surface area (Å²) in [6, 6.07) is 3.67. The molecule has 0 atom stereocenters. The van der Waals surface area contributed by atoms with Gasteiger partial charge < -0.3 is 10.2 Å². The van der Waals surface area contributed by atoms with Gasteiger partial charge in [-0.2, -0.15) is 0 Å². The van der Waals surface area contributed by atoms with E-state index in [0.717, 1.165) is 32.0 Å². The van der Waals surface area contributed by atoms with Gasteiger partial charge in [-0.15, -0.1) is 35.0 Å². The fourth-order valence-corrected chi connectivity index (χ4v) is 1.47. The molecule has 2 heterocycles. The quantitative estimate of drug-likeness (QED) is 0.838. The summed E-state index contributed by atoms with van der Waals surface area (Å²) < 4.78 is 0. The first-order valence-electron chi connectivity index (χ1n) is 4.31. The third-order valence-electron chi connectivity index (χ3n) is 2.06. The highest BCUT2D eigenvalue weighted by molar-refractivity contribution is 6.29. The molecule has 0 radical (unpaired) electrons. The minimum Gasteiger partial charge on any atom is -0.353 e. The van der Waals surface area contributed by atoms with Crippen LogP contribution in [-0.4, -0.2) is 36.4 Å². The molecule has 0 bridgehead atoms. The Morgan fingerprint density at radius 3 is 2.33 bits per heavy atom. The summed E-state index contributed by atoms with van der Waals surface area (Å²) in [6.45, 7) is 3.97. The number of hydrogen-bond donors (Lipinski definition) is 1. The van der Waals surface area contributed by atoms with Crippen LogP contribution in [0, 0.1) is 0 Å². The second-order valence-corrected chi connectivity index (χ2v) is 3.34. The molecule has 0 saturated carbocycles. The van der Waals surface area contributed by atoms with E-state index < -0.39 is 0 Å². The van der Waals surface area contributed by atoms with E-state index in [1.54, 1.807) is 6.07 Å². The number of halogens is 3. The lowest BCUT2D eigenvalue weighted by molar-refractivity contribution is 0.582. The number of nitrogens with one attached hydrogen (secondary N) is 1. The second kappa shape index (κ2) is 7.06. The maximum absolute atomic E-state index is 5.65. The molecule has 0 aromatic carbocycles. The fourth-order valence-electron chi connectivity index (χ4n) is 1.37. The van der Waals surface area contributed by atoms with Gasteiger partial charge in [0.15, 0.2) is 11.0 Å². The summed E-state index contributed by atoms with van der Waals surface area (Å²) in [5.41, 5.74) is 0. The van der Waals surface area contributed by atoms with Crippen LogP contribution >= 0.6 is 36.4 Å². The summed E-state index contributed by atoms with van der Waals surface area (Å²) in [5, 5.41) is 11.5. The lowest BCUT2D eigenvalue weighted by Gasteiger charge is -2.27. The van der Waals surface area contributed by atoms with E-state index in [1.807, 2.05) is 6.07 Å². The number of hydrogen-bond acceptors (Lipinski definition) is 4. The average Bonchev–Trinajstić information content (AvgIpc) is 2.20. The van der Waals surface area contributed by atoms with Crippen molar-refractivity contribution in [1.82, 2.24) is 15.5 Å². The molecule has 1 N–H and O–H groups in total. The molecule has 1 fully saturated rings. The molecule has 4 nitrogen and oxygen atoms in total. The van der Waals surface area contributed by atoms with Crippen LogP contribution in [0.2, 0.25) is 5.15 Å². The van der Waals surface area contributed by atoms with Crippen molar-refractivity contribution in [2.45, 2.75) is 0 Å². The summed E-state index contributed by atoms with van der Waals surface area (Å²) in [4.78, 5) is 2.19. The Hall–Kier alpha value is -0.290. The Balaban J connectivity index is 0.000000980. The van der Waals surface area contributed by atoms with Crippen LogP contribution < -0.4 is 10.2 Å². The Morgan fingerprint density at radius 2 is 1.80 bits per heavy atom. The van der Waals surface area contributed by atoms with E-state index in [1.165, 1.54) is 0 Å². The molecule has 1 aromatic rings. The third-order valence-corrected chi connectivity index (χ3v) is 2.26. The fraction of sp³-hybridized carbons (Fsp3) is 0.500. The largest absolute Gasteiger partial charge is 0.353 e. The molecule has 86 valence electrons. The van der Waals surface area contributed by atoms with Crippen LogP contribution in [0.1, 0.15) is 0 Å². The first-order valence-corrected chi connectivity index (χ1v) is 4.69. The molecule has 0 aliphatic carbocycles. The lowest BCUT2D eigenvalue weighted by Crippen LogP contribution is -2.43. The highest BCUT2D eigenvalue weighted by Crippen LogP contribution is 2.11. The van der Waals surface area contributed by atoms with E-state index in [0.29, 0.717) is 5.15 Å². The van der Waals surface area contributed by atoms with Crippen LogP contribution in [0.3, 0.4) is 0 Å². The number of anilines is 1. The van der Waals surface area contributed by atoms with Crippen molar-refractivity contribution in [3.8, 4) is 0 Å². The van der Waals surface area contributed by atoms with Gasteiger partial charge in [-0.05, 0) is 12.1 Å². The SMILES string of the molecule is Cl.Cl.Clc1ccc(N2CCNCC2)nn1. The topological polar surface area (TPSA) is 41.0 Å². The summed E-state index contributed by atoms with van der Waals surface area (Å²) >= 11 is 5.65. The molecule has 2 rings (SSSR count). The molecule has 7 heteroatoms. The van der Waals surface area contributed by atoms with Crippen molar-refractivity contribution < 1.29 is 0 Å². The van der Waals surface area contributed by atoms with Gasteiger partial charge in [-0.1, -0.05) is 11.6 Å². The van der Waals surface area contributed by atoms with Gasteiger partial charge >= 0.3 is 0 Å². The molecule has 0 unspecified atom stereocenters. The van der Waals surface area contributed by atoms with E-state index in [4.69, 9.17) is 11.6 Å². The van der Waals surface area contributed by atoms with E-state index in [-0.39, 0.29) is 24.8 Å². The first kappa shape index (κ1) is 14.7. The van der Waals surface area contributed by atoms with Gasteiger partial charge in [0.1, 0.15) is 0 Å². The molecule has 1 aliphatic rings. The highest BCUT2D eigenvalue weighted by atomic mass is 35.5. The molecule has 1 aliphatic heterocycles. The van der Waals surface area contributed by atoms with Crippen molar-refractivity contribution in [2.24, 2.45) is 0 Å². The second-order valence-electron chi connectivity index (χ2n) is 2.95. The Labute approximate surface area is 106 Å². The average molecular weight is 272 g/mol. The zero-order valence-corrected chi connectivity index (χ0v) is 10.4. The van der Waals surface area contributed by atoms with Gasteiger partial charge in [0, 0.05) is 26.2 Å². The zero-order valence-electron chi connectivity index (χ0n) is 8.02. The van der Waals surface area contributed by atoms with Crippen LogP contribution in [0.5, 0.6) is 0 Å². The summed E-state index contributed by atoms with van der Waals surface area (Å²) in [7, 11) is 0. The van der Waals surface area contributed by atoms with E-state index >= 15 is 0 Å². The number of aromatic nitrogens is 2. The number of rotatable bonds is 1. The minimum absolute atomic E-state index is 0. The van der Waals surface area contributed by atoms with Crippen LogP contribution in [0.15, 0.2) is 12.1 Å². The Morgan fingerprint density at radius 1 is 1.13 bits per heavy atom. The van der Waals surface area contributed by atoms with Crippen molar-refractivity contribution in [1.29, 1.82) is 0 Å². The Kier molecular flexibility index (Phi) is 6.92. The minimum atomic E-state index is 0. The smallest absolute Gasteiger partial charge is 0.151 e. The van der Waals surface area contributed by atoms with Crippen LogP contribution in [0.4, 0.5) is 5.82 Å². The zero-order chi connectivity index (χ0) is 9.10. The summed E-state index contributed by atoms with van der Waals surface area (Å²) in [5.74, 6) is 0.908. The molecular formula is C8H13Cl3N4. The molecule has 15 heavy (non-hydrogen) atoms.